The molecule has 1 heterocycles. The van der Waals surface area contributed by atoms with Crippen LogP contribution in [0, 0.1) is 6.92 Å². The Morgan fingerprint density at radius 2 is 1.90 bits per heavy atom. The predicted octanol–water partition coefficient (Wildman–Crippen LogP) is 3.94. The van der Waals surface area contributed by atoms with Gasteiger partial charge in [0.15, 0.2) is 5.75 Å². The minimum Gasteiger partial charge on any atom is -0.505 e. The second-order valence-corrected chi connectivity index (χ2v) is 7.20. The maximum atomic E-state index is 12.8. The van der Waals surface area contributed by atoms with Crippen molar-refractivity contribution in [2.75, 3.05) is 0 Å². The smallest absolute Gasteiger partial charge is 0.286 e. The Morgan fingerprint density at radius 1 is 1.26 bits per heavy atom. The highest BCUT2D eigenvalue weighted by atomic mass is 35.5. The van der Waals surface area contributed by atoms with Crippen LogP contribution in [0.3, 0.4) is 0 Å². The molecule has 0 spiro atoms. The van der Waals surface area contributed by atoms with Crippen molar-refractivity contribution in [1.82, 2.24) is 15.9 Å². The lowest BCUT2D eigenvalue weighted by molar-refractivity contribution is 0.100. The number of phenolic OH excluding ortho intramolecular Hbond substituents is 1. The van der Waals surface area contributed by atoms with Crippen molar-refractivity contribution < 1.29 is 18.7 Å². The molecule has 0 aliphatic carbocycles. The average molecular weight is 485 g/mol. The third kappa shape index (κ3) is 5.20. The van der Waals surface area contributed by atoms with Gasteiger partial charge >= 0.3 is 0 Å². The molecule has 0 atom stereocenters. The molecule has 12 heteroatoms. The van der Waals surface area contributed by atoms with E-state index in [0.717, 1.165) is 0 Å². The number of phenols is 1. The van der Waals surface area contributed by atoms with Gasteiger partial charge in [0, 0.05) is 12.1 Å². The summed E-state index contributed by atoms with van der Waals surface area (Å²) in [7, 11) is 0. The van der Waals surface area contributed by atoms with Gasteiger partial charge in [0.25, 0.3) is 5.91 Å². The second-order valence-electron chi connectivity index (χ2n) is 6.24. The topological polar surface area (TPSA) is 135 Å². The van der Waals surface area contributed by atoms with Crippen LogP contribution in [-0.2, 0) is 6.54 Å². The zero-order chi connectivity index (χ0) is 22.5. The third-order valence-corrected chi connectivity index (χ3v) is 4.93. The van der Waals surface area contributed by atoms with Crippen LogP contribution in [0.1, 0.15) is 21.7 Å². The largest absolute Gasteiger partial charge is 0.505 e. The van der Waals surface area contributed by atoms with Crippen LogP contribution >= 0.6 is 35.1 Å². The fraction of sp³-hybridized carbons (Fsp3) is 0.105. The minimum absolute atomic E-state index is 0.0113. The number of aromatic nitrogens is 1. The van der Waals surface area contributed by atoms with Crippen molar-refractivity contribution in [1.29, 1.82) is 0 Å². The summed E-state index contributed by atoms with van der Waals surface area (Å²) in [4.78, 5) is 16.8. The van der Waals surface area contributed by atoms with Crippen molar-refractivity contribution >= 4 is 46.9 Å². The van der Waals surface area contributed by atoms with Gasteiger partial charge in [0.2, 0.25) is 5.96 Å². The molecule has 0 aliphatic rings. The van der Waals surface area contributed by atoms with E-state index in [9.17, 15) is 9.90 Å². The molecule has 0 unspecified atom stereocenters. The fourth-order valence-electron chi connectivity index (χ4n) is 2.67. The highest BCUT2D eigenvalue weighted by Gasteiger charge is 2.22. The fourth-order valence-corrected chi connectivity index (χ4v) is 3.31. The Kier molecular flexibility index (Phi) is 7.24. The number of aromatic hydroxyl groups is 1. The van der Waals surface area contributed by atoms with E-state index in [-0.39, 0.29) is 39.6 Å². The lowest BCUT2D eigenvalue weighted by atomic mass is 10.1. The number of nitrogens with two attached hydrogens (primary N) is 1. The number of nitrogens with one attached hydrogen (secondary N) is 2. The minimum atomic E-state index is -0.631. The number of halogens is 3. The van der Waals surface area contributed by atoms with Gasteiger partial charge < -0.3 is 19.2 Å². The van der Waals surface area contributed by atoms with Crippen molar-refractivity contribution in [3.05, 3.63) is 63.3 Å². The van der Waals surface area contributed by atoms with Gasteiger partial charge in [-0.3, -0.25) is 10.2 Å². The quantitative estimate of drug-likeness (QED) is 0.185. The third-order valence-electron chi connectivity index (χ3n) is 4.18. The van der Waals surface area contributed by atoms with Crippen LogP contribution < -0.4 is 20.9 Å². The van der Waals surface area contributed by atoms with Crippen molar-refractivity contribution in [2.24, 2.45) is 10.8 Å². The van der Waals surface area contributed by atoms with Gasteiger partial charge in [-0.25, -0.2) is 5.84 Å². The van der Waals surface area contributed by atoms with Crippen molar-refractivity contribution in [3.8, 4) is 22.8 Å². The van der Waals surface area contributed by atoms with Gasteiger partial charge in [-0.1, -0.05) is 28.4 Å². The molecule has 2 aromatic carbocycles. The van der Waals surface area contributed by atoms with Crippen LogP contribution in [0.4, 0.5) is 0 Å². The molecule has 3 rings (SSSR count). The maximum absolute atomic E-state index is 12.8. The van der Waals surface area contributed by atoms with Gasteiger partial charge in [-0.2, -0.15) is 4.99 Å². The van der Waals surface area contributed by atoms with E-state index in [2.05, 4.69) is 25.2 Å². The number of rotatable bonds is 5. The van der Waals surface area contributed by atoms with Crippen LogP contribution in [-0.4, -0.2) is 22.1 Å². The Labute approximate surface area is 191 Å². The summed E-state index contributed by atoms with van der Waals surface area (Å²) in [6, 6.07) is 9.62. The molecular weight excluding hydrogens is 469 g/mol. The standard InChI is InChI=1S/C19H16Cl3N5O4/c1-9-15(16(27-31-9)11-2-4-12(30-22)5-3-11)18(29)25-19(26-23)24-8-10-6-13(20)17(28)14(21)7-10/h2-7,28H,8,23H2,1H3,(H2,24,25,26,29). The van der Waals surface area contributed by atoms with Crippen LogP contribution in [0.2, 0.25) is 10.0 Å². The molecule has 1 amide bonds. The van der Waals surface area contributed by atoms with Gasteiger partial charge in [-0.05, 0) is 48.9 Å². The van der Waals surface area contributed by atoms with E-state index in [0.29, 0.717) is 22.6 Å². The predicted molar refractivity (Wildman–Crippen MR) is 117 cm³/mol. The molecule has 0 saturated heterocycles. The van der Waals surface area contributed by atoms with E-state index < -0.39 is 5.91 Å². The Morgan fingerprint density at radius 3 is 2.48 bits per heavy atom. The van der Waals surface area contributed by atoms with Crippen LogP contribution in [0.15, 0.2) is 45.9 Å². The number of aliphatic imine (C=N–C) groups is 1. The highest BCUT2D eigenvalue weighted by molar-refractivity contribution is 6.37. The zero-order valence-corrected chi connectivity index (χ0v) is 18.2. The lowest BCUT2D eigenvalue weighted by Crippen LogP contribution is -2.41. The summed E-state index contributed by atoms with van der Waals surface area (Å²) in [6.45, 7) is 1.77. The number of guanidine groups is 1. The van der Waals surface area contributed by atoms with E-state index in [4.69, 9.17) is 45.4 Å². The number of benzene rings is 2. The van der Waals surface area contributed by atoms with Crippen molar-refractivity contribution in [3.63, 3.8) is 0 Å². The molecule has 162 valence electrons. The first kappa shape index (κ1) is 22.7. The number of aryl methyl sites for hydroxylation is 1. The molecule has 5 N–H and O–H groups in total. The number of hydrogen-bond acceptors (Lipinski definition) is 6. The molecule has 0 bridgehead atoms. The van der Waals surface area contributed by atoms with Gasteiger partial charge in [0.1, 0.15) is 34.6 Å². The molecule has 0 radical (unpaired) electrons. The SMILES string of the molecule is Cc1onc(-c2ccc(OCl)cc2)c1C(=O)/N=C(\NN)NCc1cc(Cl)c(O)c(Cl)c1. The number of nitrogens with zero attached hydrogens (tertiary/aromatic N) is 2. The van der Waals surface area contributed by atoms with E-state index in [1.54, 1.807) is 31.2 Å². The second kappa shape index (κ2) is 9.88. The maximum Gasteiger partial charge on any atom is 0.286 e. The Balaban J connectivity index is 1.82. The Hall–Kier alpha value is -2.98. The number of carbonyl (C=O) groups excluding carboxylic acids is 1. The van der Waals surface area contributed by atoms with Gasteiger partial charge in [0.05, 0.1) is 10.0 Å². The summed E-state index contributed by atoms with van der Waals surface area (Å²) in [5.74, 6) is 5.35. The zero-order valence-electron chi connectivity index (χ0n) is 15.9. The molecule has 31 heavy (non-hydrogen) atoms. The van der Waals surface area contributed by atoms with Gasteiger partial charge in [-0.15, -0.1) is 0 Å². The molecule has 0 saturated carbocycles. The summed E-state index contributed by atoms with van der Waals surface area (Å²) in [5.41, 5.74) is 4.04. The molecular formula is C19H16Cl3N5O4. The number of amides is 1. The molecule has 0 fully saturated rings. The number of hydrogen-bond donors (Lipinski definition) is 4. The first-order valence-corrected chi connectivity index (χ1v) is 9.76. The number of carbonyl (C=O) groups is 1. The summed E-state index contributed by atoms with van der Waals surface area (Å²) >= 11 is 17.2. The average Bonchev–Trinajstić information content (AvgIpc) is 3.16. The first-order valence-electron chi connectivity index (χ1n) is 8.69. The lowest BCUT2D eigenvalue weighted by Gasteiger charge is -2.10. The molecule has 9 nitrogen and oxygen atoms in total. The molecule has 0 aliphatic heterocycles. The van der Waals surface area contributed by atoms with E-state index >= 15 is 0 Å². The summed E-state index contributed by atoms with van der Waals surface area (Å²) in [5, 5.41) is 16.6. The molecule has 1 aromatic heterocycles. The summed E-state index contributed by atoms with van der Waals surface area (Å²) in [6.07, 6.45) is 0. The molecule has 3 aromatic rings. The van der Waals surface area contributed by atoms with E-state index in [1.165, 1.54) is 12.1 Å². The highest BCUT2D eigenvalue weighted by Crippen LogP contribution is 2.32. The summed E-state index contributed by atoms with van der Waals surface area (Å²) < 4.78 is 9.81. The normalized spacial score (nSPS) is 11.3. The first-order chi connectivity index (χ1) is 14.8. The monoisotopic (exact) mass is 483 g/mol. The van der Waals surface area contributed by atoms with Crippen molar-refractivity contribution in [2.45, 2.75) is 13.5 Å². The van der Waals surface area contributed by atoms with Crippen LogP contribution in [0.5, 0.6) is 11.5 Å². The Bertz CT molecular complexity index is 1110. The number of hydrazine groups is 1. The van der Waals surface area contributed by atoms with Crippen LogP contribution in [0.25, 0.3) is 11.3 Å². The van der Waals surface area contributed by atoms with E-state index in [1.807, 2.05) is 0 Å².